The minimum Gasteiger partial charge on any atom is -0.344 e. The van der Waals surface area contributed by atoms with Crippen molar-refractivity contribution in [2.24, 2.45) is 0 Å². The number of halogens is 3. The van der Waals surface area contributed by atoms with E-state index in [0.29, 0.717) is 17.4 Å². The van der Waals surface area contributed by atoms with Crippen LogP contribution < -0.4 is 5.32 Å². The van der Waals surface area contributed by atoms with E-state index >= 15 is 0 Å². The Morgan fingerprint density at radius 1 is 1.24 bits per heavy atom. The van der Waals surface area contributed by atoms with Crippen LogP contribution in [0.5, 0.6) is 0 Å². The monoisotopic (exact) mass is 407 g/mol. The van der Waals surface area contributed by atoms with Gasteiger partial charge < -0.3 is 9.84 Å². The number of rotatable bonds is 4. The summed E-state index contributed by atoms with van der Waals surface area (Å²) in [5.74, 6) is 0.337. The molecule has 0 fully saturated rings. The summed E-state index contributed by atoms with van der Waals surface area (Å²) in [6, 6.07) is 4.74. The van der Waals surface area contributed by atoms with Gasteiger partial charge in [-0.05, 0) is 25.1 Å². The molecule has 7 nitrogen and oxygen atoms in total. The van der Waals surface area contributed by atoms with Crippen LogP contribution in [-0.2, 0) is 18.1 Å². The second kappa shape index (κ2) is 7.34. The highest BCUT2D eigenvalue weighted by atomic mass is 19.4. The Kier molecular flexibility index (Phi) is 5.20. The normalized spacial score (nSPS) is 12.2. The fourth-order valence-corrected chi connectivity index (χ4v) is 2.59. The molecule has 3 aromatic rings. The number of amides is 1. The molecule has 10 heteroatoms. The molecule has 0 atom stereocenters. The maximum Gasteiger partial charge on any atom is 0.416 e. The Morgan fingerprint density at radius 2 is 1.97 bits per heavy atom. The number of aromatic nitrogens is 4. The van der Waals surface area contributed by atoms with Gasteiger partial charge in [0, 0.05) is 5.41 Å². The fourth-order valence-electron chi connectivity index (χ4n) is 2.59. The summed E-state index contributed by atoms with van der Waals surface area (Å²) in [6.45, 7) is 7.43. The molecule has 1 amide bonds. The summed E-state index contributed by atoms with van der Waals surface area (Å²) in [5, 5.41) is 10.6. The summed E-state index contributed by atoms with van der Waals surface area (Å²) < 4.78 is 45.3. The van der Waals surface area contributed by atoms with Crippen LogP contribution in [0, 0.1) is 6.92 Å². The van der Waals surface area contributed by atoms with Crippen LogP contribution in [0.15, 0.2) is 35.0 Å². The van der Waals surface area contributed by atoms with Crippen molar-refractivity contribution in [1.29, 1.82) is 0 Å². The fraction of sp³-hybridized carbons (Fsp3) is 0.368. The van der Waals surface area contributed by atoms with E-state index in [-0.39, 0.29) is 23.2 Å². The molecule has 0 spiro atoms. The number of nitrogens with zero attached hydrogens (tertiary/aromatic N) is 4. The summed E-state index contributed by atoms with van der Waals surface area (Å²) in [7, 11) is 0. The predicted molar refractivity (Wildman–Crippen MR) is 97.5 cm³/mol. The third-order valence-corrected chi connectivity index (χ3v) is 4.19. The quantitative estimate of drug-likeness (QED) is 0.711. The number of nitrogens with one attached hydrogen (secondary N) is 1. The van der Waals surface area contributed by atoms with Crippen molar-refractivity contribution >= 4 is 5.91 Å². The van der Waals surface area contributed by atoms with Crippen LogP contribution >= 0.6 is 0 Å². The first-order valence-electron chi connectivity index (χ1n) is 8.80. The highest BCUT2D eigenvalue weighted by Gasteiger charge is 2.31. The number of hydrogen-bond donors (Lipinski definition) is 1. The maximum absolute atomic E-state index is 12.9. The van der Waals surface area contributed by atoms with Crippen LogP contribution in [0.1, 0.15) is 54.1 Å². The second-order valence-corrected chi connectivity index (χ2v) is 7.55. The Balaban J connectivity index is 1.75. The van der Waals surface area contributed by atoms with Crippen molar-refractivity contribution in [1.82, 2.24) is 25.2 Å². The van der Waals surface area contributed by atoms with Crippen LogP contribution in [0.2, 0.25) is 0 Å². The molecule has 0 aliphatic carbocycles. The largest absolute Gasteiger partial charge is 0.416 e. The first-order chi connectivity index (χ1) is 13.5. The Labute approximate surface area is 164 Å². The van der Waals surface area contributed by atoms with E-state index in [4.69, 9.17) is 4.52 Å². The molecule has 0 saturated carbocycles. The Hall–Kier alpha value is -3.17. The summed E-state index contributed by atoms with van der Waals surface area (Å²) >= 11 is 0. The van der Waals surface area contributed by atoms with Gasteiger partial charge in [-0.25, -0.2) is 4.68 Å². The van der Waals surface area contributed by atoms with Crippen molar-refractivity contribution in [3.8, 4) is 5.69 Å². The van der Waals surface area contributed by atoms with Gasteiger partial charge in [-0.2, -0.15) is 23.3 Å². The number of alkyl halides is 3. The molecule has 2 heterocycles. The molecular weight excluding hydrogens is 387 g/mol. The number of carbonyl (C=O) groups is 1. The van der Waals surface area contributed by atoms with Gasteiger partial charge in [0.15, 0.2) is 5.82 Å². The lowest BCUT2D eigenvalue weighted by Gasteiger charge is -2.10. The molecule has 3 rings (SSSR count). The third kappa shape index (κ3) is 4.47. The van der Waals surface area contributed by atoms with Crippen LogP contribution in [0.4, 0.5) is 13.2 Å². The molecule has 0 radical (unpaired) electrons. The highest BCUT2D eigenvalue weighted by Crippen LogP contribution is 2.30. The Bertz CT molecular complexity index is 1030. The lowest BCUT2D eigenvalue weighted by Crippen LogP contribution is -2.24. The van der Waals surface area contributed by atoms with Gasteiger partial charge in [0.2, 0.25) is 5.89 Å². The molecule has 0 aliphatic rings. The highest BCUT2D eigenvalue weighted by molar-refractivity contribution is 5.95. The topological polar surface area (TPSA) is 85.8 Å². The molecule has 1 N–H and O–H groups in total. The Morgan fingerprint density at radius 3 is 2.59 bits per heavy atom. The first-order valence-corrected chi connectivity index (χ1v) is 8.80. The maximum atomic E-state index is 12.9. The molecule has 2 aromatic heterocycles. The van der Waals surface area contributed by atoms with E-state index in [0.717, 1.165) is 12.1 Å². The van der Waals surface area contributed by atoms with Gasteiger partial charge in [0.25, 0.3) is 5.91 Å². The zero-order chi connectivity index (χ0) is 21.4. The third-order valence-electron chi connectivity index (χ3n) is 4.19. The average Bonchev–Trinajstić information content (AvgIpc) is 3.26. The van der Waals surface area contributed by atoms with Crippen molar-refractivity contribution in [3.05, 3.63) is 59.0 Å². The van der Waals surface area contributed by atoms with Gasteiger partial charge in [0.05, 0.1) is 35.2 Å². The van der Waals surface area contributed by atoms with E-state index in [2.05, 4.69) is 20.6 Å². The second-order valence-electron chi connectivity index (χ2n) is 7.55. The van der Waals surface area contributed by atoms with E-state index in [1.54, 1.807) is 6.92 Å². The van der Waals surface area contributed by atoms with Gasteiger partial charge >= 0.3 is 6.18 Å². The molecule has 154 valence electrons. The van der Waals surface area contributed by atoms with Crippen molar-refractivity contribution in [2.45, 2.75) is 45.8 Å². The summed E-state index contributed by atoms with van der Waals surface area (Å²) in [4.78, 5) is 16.7. The van der Waals surface area contributed by atoms with E-state index in [1.165, 1.54) is 23.0 Å². The zero-order valence-corrected chi connectivity index (χ0v) is 16.3. The molecule has 0 saturated heterocycles. The SMILES string of the molecule is Cc1c(C(=O)NCc2noc(C(C)(C)C)n2)cnn1-c1cccc(C(F)(F)F)c1. The molecule has 0 bridgehead atoms. The standard InChI is InChI=1S/C19H20F3N5O2/c1-11-14(16(28)23-10-15-25-17(29-26-15)18(2,3)4)9-24-27(11)13-7-5-6-12(8-13)19(20,21)22/h5-9H,10H2,1-4H3,(H,23,28). The van der Waals surface area contributed by atoms with Crippen LogP contribution in [-0.4, -0.2) is 25.8 Å². The van der Waals surface area contributed by atoms with E-state index in [9.17, 15) is 18.0 Å². The van der Waals surface area contributed by atoms with Crippen molar-refractivity contribution in [2.75, 3.05) is 0 Å². The summed E-state index contributed by atoms with van der Waals surface area (Å²) in [6.07, 6.45) is -3.16. The first kappa shape index (κ1) is 20.6. The van der Waals surface area contributed by atoms with Crippen LogP contribution in [0.25, 0.3) is 5.69 Å². The smallest absolute Gasteiger partial charge is 0.344 e. The van der Waals surface area contributed by atoms with E-state index in [1.807, 2.05) is 20.8 Å². The molecule has 29 heavy (non-hydrogen) atoms. The molecule has 1 aromatic carbocycles. The molecule has 0 aliphatic heterocycles. The summed E-state index contributed by atoms with van der Waals surface area (Å²) in [5.41, 5.74) is -0.239. The van der Waals surface area contributed by atoms with Gasteiger partial charge in [-0.1, -0.05) is 32.0 Å². The number of carbonyl (C=O) groups excluding carboxylic acids is 1. The number of benzene rings is 1. The van der Waals surface area contributed by atoms with Gasteiger partial charge in [-0.3, -0.25) is 4.79 Å². The van der Waals surface area contributed by atoms with Gasteiger partial charge in [-0.15, -0.1) is 0 Å². The van der Waals surface area contributed by atoms with Crippen molar-refractivity contribution < 1.29 is 22.5 Å². The minimum atomic E-state index is -4.46. The molecular formula is C19H20F3N5O2. The number of hydrogen-bond acceptors (Lipinski definition) is 5. The van der Waals surface area contributed by atoms with Gasteiger partial charge in [0.1, 0.15) is 0 Å². The predicted octanol–water partition coefficient (Wildman–Crippen LogP) is 3.81. The van der Waals surface area contributed by atoms with Crippen molar-refractivity contribution in [3.63, 3.8) is 0 Å². The van der Waals surface area contributed by atoms with Crippen LogP contribution in [0.3, 0.4) is 0 Å². The van der Waals surface area contributed by atoms with E-state index < -0.39 is 17.6 Å². The minimum absolute atomic E-state index is 0.0482. The zero-order valence-electron chi connectivity index (χ0n) is 16.3. The molecule has 0 unspecified atom stereocenters. The lowest BCUT2D eigenvalue weighted by molar-refractivity contribution is -0.137. The average molecular weight is 407 g/mol. The lowest BCUT2D eigenvalue weighted by atomic mass is 9.97.